The van der Waals surface area contributed by atoms with E-state index in [1.54, 1.807) is 0 Å². The first-order chi connectivity index (χ1) is 13.5. The van der Waals surface area contributed by atoms with Crippen LogP contribution >= 0.6 is 0 Å². The van der Waals surface area contributed by atoms with Crippen molar-refractivity contribution in [3.05, 3.63) is 0 Å². The number of rotatable bonds is 2. The van der Waals surface area contributed by atoms with Crippen LogP contribution in [0.1, 0.15) is 44.9 Å². The molecular weight excluding hydrogens is 362 g/mol. The Labute approximate surface area is 167 Å². The van der Waals surface area contributed by atoms with E-state index >= 15 is 0 Å². The molecule has 3 rings (SSSR count). The lowest BCUT2D eigenvalue weighted by Gasteiger charge is -2.33. The maximum atomic E-state index is 12.8. The van der Waals surface area contributed by atoms with E-state index in [0.29, 0.717) is 13.1 Å². The molecule has 0 aromatic carbocycles. The highest BCUT2D eigenvalue weighted by atomic mass is 16.3. The summed E-state index contributed by atoms with van der Waals surface area (Å²) in [6, 6.07) is 0. The monoisotopic (exact) mass is 397 g/mol. The quantitative estimate of drug-likeness (QED) is 0.663. The van der Waals surface area contributed by atoms with Gasteiger partial charge in [0.2, 0.25) is 11.8 Å². The van der Waals surface area contributed by atoms with E-state index in [9.17, 15) is 14.7 Å². The summed E-state index contributed by atoms with van der Waals surface area (Å²) in [7, 11) is 2.09. The number of amides is 2. The molecule has 2 saturated heterocycles. The van der Waals surface area contributed by atoms with Gasteiger partial charge < -0.3 is 24.9 Å². The standard InChI is InChI=1S/C19H33N3O3.CH2O2/c1-20-9-2-4-16(14-20)19(25)22-11-3-10-21(12-13-22)18(24)15-5-7-17(23)8-6-15;2-1-3/h15-17,23H,2-14H2,1H3;1H,(H,2,3). The number of piperidine rings is 1. The number of carbonyl (C=O) groups is 3. The fraction of sp³-hybridized carbons (Fsp3) is 0.850. The molecule has 2 heterocycles. The SMILES string of the molecule is CN1CCCC(C(=O)N2CCCN(C(=O)C3CCC(O)CC3)CC2)C1.O=CO. The second-order valence-electron chi connectivity index (χ2n) is 8.22. The van der Waals surface area contributed by atoms with Crippen molar-refractivity contribution in [2.45, 2.75) is 51.0 Å². The lowest BCUT2D eigenvalue weighted by atomic mass is 9.86. The number of carboxylic acid groups (broad SMARTS) is 1. The summed E-state index contributed by atoms with van der Waals surface area (Å²) in [5.41, 5.74) is 0. The van der Waals surface area contributed by atoms with Crippen molar-refractivity contribution in [2.75, 3.05) is 46.3 Å². The van der Waals surface area contributed by atoms with Crippen molar-refractivity contribution in [3.8, 4) is 0 Å². The van der Waals surface area contributed by atoms with Gasteiger partial charge in [0.1, 0.15) is 0 Å². The molecule has 8 heteroatoms. The Bertz CT molecular complexity index is 522. The number of aliphatic hydroxyl groups is 1. The third-order valence-corrected chi connectivity index (χ3v) is 6.14. The van der Waals surface area contributed by atoms with Gasteiger partial charge in [-0.05, 0) is 58.5 Å². The predicted molar refractivity (Wildman–Crippen MR) is 105 cm³/mol. The van der Waals surface area contributed by atoms with Crippen LogP contribution in [-0.2, 0) is 14.4 Å². The zero-order valence-electron chi connectivity index (χ0n) is 17.0. The van der Waals surface area contributed by atoms with Gasteiger partial charge in [0.15, 0.2) is 0 Å². The van der Waals surface area contributed by atoms with Crippen LogP contribution in [0.4, 0.5) is 0 Å². The summed E-state index contributed by atoms with van der Waals surface area (Å²) in [4.78, 5) is 40.2. The molecule has 2 amide bonds. The second kappa shape index (κ2) is 11.4. The summed E-state index contributed by atoms with van der Waals surface area (Å²) < 4.78 is 0. The fourth-order valence-electron chi connectivity index (χ4n) is 4.57. The van der Waals surface area contributed by atoms with E-state index in [2.05, 4.69) is 11.9 Å². The molecule has 28 heavy (non-hydrogen) atoms. The molecule has 3 fully saturated rings. The second-order valence-corrected chi connectivity index (χ2v) is 8.22. The fourth-order valence-corrected chi connectivity index (χ4v) is 4.57. The lowest BCUT2D eigenvalue weighted by molar-refractivity contribution is -0.139. The average Bonchev–Trinajstić information content (AvgIpc) is 2.94. The zero-order chi connectivity index (χ0) is 20.5. The van der Waals surface area contributed by atoms with Crippen molar-refractivity contribution in [2.24, 2.45) is 11.8 Å². The topological polar surface area (TPSA) is 101 Å². The molecule has 0 aromatic rings. The van der Waals surface area contributed by atoms with Crippen LogP contribution in [0.5, 0.6) is 0 Å². The van der Waals surface area contributed by atoms with Crippen LogP contribution < -0.4 is 0 Å². The molecule has 1 saturated carbocycles. The van der Waals surface area contributed by atoms with Crippen molar-refractivity contribution >= 4 is 18.3 Å². The Morgan fingerprint density at radius 3 is 1.89 bits per heavy atom. The maximum Gasteiger partial charge on any atom is 0.290 e. The molecule has 0 bridgehead atoms. The minimum Gasteiger partial charge on any atom is -0.483 e. The molecule has 0 radical (unpaired) electrons. The number of hydrogen-bond donors (Lipinski definition) is 2. The largest absolute Gasteiger partial charge is 0.483 e. The van der Waals surface area contributed by atoms with Gasteiger partial charge in [-0.15, -0.1) is 0 Å². The van der Waals surface area contributed by atoms with E-state index in [4.69, 9.17) is 9.90 Å². The van der Waals surface area contributed by atoms with E-state index in [1.807, 2.05) is 9.80 Å². The number of carbonyl (C=O) groups excluding carboxylic acids is 2. The third-order valence-electron chi connectivity index (χ3n) is 6.14. The molecule has 0 aromatic heterocycles. The first-order valence-electron chi connectivity index (χ1n) is 10.5. The van der Waals surface area contributed by atoms with Gasteiger partial charge >= 0.3 is 0 Å². The van der Waals surface area contributed by atoms with Crippen LogP contribution in [0.2, 0.25) is 0 Å². The molecule has 160 valence electrons. The number of hydrogen-bond acceptors (Lipinski definition) is 5. The Kier molecular flexibility index (Phi) is 9.18. The average molecular weight is 398 g/mol. The maximum absolute atomic E-state index is 12.8. The van der Waals surface area contributed by atoms with E-state index < -0.39 is 0 Å². The highest BCUT2D eigenvalue weighted by molar-refractivity contribution is 5.80. The van der Waals surface area contributed by atoms with Crippen LogP contribution in [0.15, 0.2) is 0 Å². The Morgan fingerprint density at radius 2 is 1.36 bits per heavy atom. The summed E-state index contributed by atoms with van der Waals surface area (Å²) >= 11 is 0. The van der Waals surface area contributed by atoms with Crippen LogP contribution in [0.3, 0.4) is 0 Å². The van der Waals surface area contributed by atoms with E-state index in [-0.39, 0.29) is 36.2 Å². The number of aliphatic hydroxyl groups excluding tert-OH is 1. The molecule has 0 spiro atoms. The van der Waals surface area contributed by atoms with Crippen molar-refractivity contribution in [1.82, 2.24) is 14.7 Å². The molecule has 8 nitrogen and oxygen atoms in total. The Morgan fingerprint density at radius 1 is 0.821 bits per heavy atom. The van der Waals surface area contributed by atoms with Gasteiger partial charge in [-0.1, -0.05) is 0 Å². The summed E-state index contributed by atoms with van der Waals surface area (Å²) in [6.07, 6.45) is 5.81. The van der Waals surface area contributed by atoms with Gasteiger partial charge in [0.25, 0.3) is 6.47 Å². The normalized spacial score (nSPS) is 29.3. The summed E-state index contributed by atoms with van der Waals surface area (Å²) in [5, 5.41) is 16.5. The minimum absolute atomic E-state index is 0.0673. The van der Waals surface area contributed by atoms with Gasteiger partial charge in [-0.3, -0.25) is 14.4 Å². The smallest absolute Gasteiger partial charge is 0.290 e. The Balaban J connectivity index is 0.000000878. The van der Waals surface area contributed by atoms with Crippen molar-refractivity contribution in [3.63, 3.8) is 0 Å². The van der Waals surface area contributed by atoms with Crippen LogP contribution in [0.25, 0.3) is 0 Å². The molecule has 2 N–H and O–H groups in total. The van der Waals surface area contributed by atoms with Gasteiger partial charge in [0, 0.05) is 38.6 Å². The predicted octanol–water partition coefficient (Wildman–Crippen LogP) is 0.641. The molecular formula is C20H35N3O5. The highest BCUT2D eigenvalue weighted by Gasteiger charge is 2.32. The van der Waals surface area contributed by atoms with Crippen molar-refractivity contribution in [1.29, 1.82) is 0 Å². The summed E-state index contributed by atoms with van der Waals surface area (Å²) in [5.74, 6) is 0.707. The first-order valence-corrected chi connectivity index (χ1v) is 10.5. The minimum atomic E-state index is -0.250. The lowest BCUT2D eigenvalue weighted by Crippen LogP contribution is -2.45. The van der Waals surface area contributed by atoms with E-state index in [0.717, 1.165) is 71.1 Å². The van der Waals surface area contributed by atoms with E-state index in [1.165, 1.54) is 0 Å². The third kappa shape index (κ3) is 6.44. The molecule has 3 aliphatic rings. The molecule has 1 atom stereocenters. The van der Waals surface area contributed by atoms with Crippen LogP contribution in [-0.4, -0.2) is 95.6 Å². The Hall–Kier alpha value is -1.67. The molecule has 1 unspecified atom stereocenters. The zero-order valence-corrected chi connectivity index (χ0v) is 17.0. The van der Waals surface area contributed by atoms with Gasteiger partial charge in [-0.2, -0.15) is 0 Å². The van der Waals surface area contributed by atoms with Crippen LogP contribution in [0, 0.1) is 11.8 Å². The highest BCUT2D eigenvalue weighted by Crippen LogP contribution is 2.26. The number of nitrogens with zero attached hydrogens (tertiary/aromatic N) is 3. The molecule has 2 aliphatic heterocycles. The first kappa shape index (κ1) is 22.6. The van der Waals surface area contributed by atoms with Gasteiger partial charge in [-0.25, -0.2) is 0 Å². The van der Waals surface area contributed by atoms with Gasteiger partial charge in [0.05, 0.1) is 12.0 Å². The number of likely N-dealkylation sites (tertiary alicyclic amines) is 1. The van der Waals surface area contributed by atoms with Crippen molar-refractivity contribution < 1.29 is 24.6 Å². The summed E-state index contributed by atoms with van der Waals surface area (Å²) in [6.45, 7) is 4.55. The molecule has 1 aliphatic carbocycles.